The first-order valence-corrected chi connectivity index (χ1v) is 8.04. The number of carboxylic acids is 1. The topological polar surface area (TPSA) is 66.3 Å². The molecule has 5 nitrogen and oxygen atoms in total. The molecular weight excluding hydrogens is 302 g/mol. The maximum Gasteiger partial charge on any atom is 0.326 e. The first kappa shape index (κ1) is 14.6. The molecule has 1 N–H and O–H groups in total. The van der Waals surface area contributed by atoms with Crippen LogP contribution in [0.15, 0.2) is 54.7 Å². The van der Waals surface area contributed by atoms with Crippen LogP contribution in [0.3, 0.4) is 0 Å². The quantitative estimate of drug-likeness (QED) is 0.802. The minimum absolute atomic E-state index is 0.491. The standard InChI is InChI=1S/C19H17N3O2/c23-18(24)17-6-3-11-22(17)19-20-10-9-16(21-19)15-8-7-13-4-1-2-5-14(13)12-15/h1-2,4-5,7-10,12,17H,3,6,11H2,(H,23,24)/t17-/m0/s1. The van der Waals surface area contributed by atoms with Crippen molar-refractivity contribution in [2.75, 3.05) is 11.4 Å². The maximum atomic E-state index is 11.4. The molecule has 0 bridgehead atoms. The van der Waals surface area contributed by atoms with Crippen molar-refractivity contribution >= 4 is 22.7 Å². The second kappa shape index (κ2) is 5.92. The first-order valence-electron chi connectivity index (χ1n) is 8.04. The van der Waals surface area contributed by atoms with Gasteiger partial charge in [0.1, 0.15) is 6.04 Å². The zero-order chi connectivity index (χ0) is 16.5. The fraction of sp³-hybridized carbons (Fsp3) is 0.211. The molecule has 0 aliphatic carbocycles. The smallest absolute Gasteiger partial charge is 0.326 e. The van der Waals surface area contributed by atoms with Gasteiger partial charge in [0.25, 0.3) is 0 Å². The van der Waals surface area contributed by atoms with Gasteiger partial charge < -0.3 is 10.0 Å². The Kier molecular flexibility index (Phi) is 3.61. The van der Waals surface area contributed by atoms with E-state index in [1.807, 2.05) is 24.3 Å². The summed E-state index contributed by atoms with van der Waals surface area (Å²) in [7, 11) is 0. The van der Waals surface area contributed by atoms with Gasteiger partial charge in [-0.2, -0.15) is 0 Å². The number of carbonyl (C=O) groups is 1. The Morgan fingerprint density at radius 3 is 2.79 bits per heavy atom. The number of hydrogen-bond donors (Lipinski definition) is 1. The molecule has 2 heterocycles. The molecule has 0 unspecified atom stereocenters. The summed E-state index contributed by atoms with van der Waals surface area (Å²) in [6.07, 6.45) is 3.18. The molecule has 0 radical (unpaired) electrons. The molecule has 5 heteroatoms. The number of benzene rings is 2. The predicted octanol–water partition coefficient (Wildman–Crippen LogP) is 3.35. The van der Waals surface area contributed by atoms with Crippen LogP contribution in [0.1, 0.15) is 12.8 Å². The molecule has 4 rings (SSSR count). The molecule has 1 aliphatic rings. The van der Waals surface area contributed by atoms with Crippen molar-refractivity contribution in [1.29, 1.82) is 0 Å². The van der Waals surface area contributed by atoms with Crippen molar-refractivity contribution in [2.45, 2.75) is 18.9 Å². The third kappa shape index (κ3) is 2.58. The molecule has 1 saturated heterocycles. The highest BCUT2D eigenvalue weighted by Crippen LogP contribution is 2.27. The van der Waals surface area contributed by atoms with Crippen LogP contribution in [-0.2, 0) is 4.79 Å². The third-order valence-electron chi connectivity index (χ3n) is 4.48. The first-order chi connectivity index (χ1) is 11.7. The van der Waals surface area contributed by atoms with Crippen molar-refractivity contribution in [3.63, 3.8) is 0 Å². The van der Waals surface area contributed by atoms with Gasteiger partial charge in [-0.25, -0.2) is 14.8 Å². The average Bonchev–Trinajstić information content (AvgIpc) is 3.11. The lowest BCUT2D eigenvalue weighted by Gasteiger charge is -2.21. The highest BCUT2D eigenvalue weighted by atomic mass is 16.4. The summed E-state index contributed by atoms with van der Waals surface area (Å²) in [6, 6.07) is 15.7. The lowest BCUT2D eigenvalue weighted by Crippen LogP contribution is -2.37. The van der Waals surface area contributed by atoms with Crippen molar-refractivity contribution in [3.05, 3.63) is 54.7 Å². The minimum Gasteiger partial charge on any atom is -0.480 e. The second-order valence-corrected chi connectivity index (χ2v) is 5.99. The number of carboxylic acid groups (broad SMARTS) is 1. The summed E-state index contributed by atoms with van der Waals surface area (Å²) in [5.74, 6) is -0.322. The number of fused-ring (bicyclic) bond motifs is 1. The lowest BCUT2D eigenvalue weighted by atomic mass is 10.1. The Morgan fingerprint density at radius 1 is 1.12 bits per heavy atom. The SMILES string of the molecule is O=C(O)[C@@H]1CCCN1c1nccc(-c2ccc3ccccc3c2)n1. The van der Waals surface area contributed by atoms with E-state index >= 15 is 0 Å². The van der Waals surface area contributed by atoms with Gasteiger partial charge in [-0.05, 0) is 35.7 Å². The molecule has 120 valence electrons. The predicted molar refractivity (Wildman–Crippen MR) is 93.0 cm³/mol. The number of aromatic nitrogens is 2. The van der Waals surface area contributed by atoms with Crippen LogP contribution in [0, 0.1) is 0 Å². The molecular formula is C19H17N3O2. The molecule has 3 aromatic rings. The summed E-state index contributed by atoms with van der Waals surface area (Å²) >= 11 is 0. The second-order valence-electron chi connectivity index (χ2n) is 5.99. The van der Waals surface area contributed by atoms with E-state index in [0.29, 0.717) is 18.9 Å². The normalized spacial score (nSPS) is 17.3. The van der Waals surface area contributed by atoms with Crippen LogP contribution >= 0.6 is 0 Å². The van der Waals surface area contributed by atoms with Crippen LogP contribution in [-0.4, -0.2) is 33.6 Å². The van der Waals surface area contributed by atoms with E-state index in [4.69, 9.17) is 0 Å². The molecule has 2 aromatic carbocycles. The van der Waals surface area contributed by atoms with Gasteiger partial charge in [-0.1, -0.05) is 36.4 Å². The molecule has 1 aromatic heterocycles. The third-order valence-corrected chi connectivity index (χ3v) is 4.48. The van der Waals surface area contributed by atoms with Crippen LogP contribution < -0.4 is 4.90 Å². The van der Waals surface area contributed by atoms with E-state index in [9.17, 15) is 9.90 Å². The highest BCUT2D eigenvalue weighted by molar-refractivity contribution is 5.86. The molecule has 1 atom stereocenters. The fourth-order valence-electron chi connectivity index (χ4n) is 3.26. The van der Waals surface area contributed by atoms with Gasteiger partial charge >= 0.3 is 5.97 Å². The Labute approximate surface area is 139 Å². The van der Waals surface area contributed by atoms with Crippen molar-refractivity contribution < 1.29 is 9.90 Å². The van der Waals surface area contributed by atoms with Gasteiger partial charge in [-0.3, -0.25) is 0 Å². The largest absolute Gasteiger partial charge is 0.480 e. The molecule has 0 amide bonds. The monoisotopic (exact) mass is 319 g/mol. The lowest BCUT2D eigenvalue weighted by molar-refractivity contribution is -0.138. The fourth-order valence-corrected chi connectivity index (χ4v) is 3.26. The van der Waals surface area contributed by atoms with Crippen LogP contribution in [0.4, 0.5) is 5.95 Å². The van der Waals surface area contributed by atoms with E-state index in [0.717, 1.165) is 23.1 Å². The molecule has 24 heavy (non-hydrogen) atoms. The van der Waals surface area contributed by atoms with E-state index in [2.05, 4.69) is 34.2 Å². The van der Waals surface area contributed by atoms with E-state index in [-0.39, 0.29) is 0 Å². The van der Waals surface area contributed by atoms with E-state index < -0.39 is 12.0 Å². The van der Waals surface area contributed by atoms with E-state index in [1.54, 1.807) is 11.1 Å². The van der Waals surface area contributed by atoms with Gasteiger partial charge in [0.05, 0.1) is 5.69 Å². The summed E-state index contributed by atoms with van der Waals surface area (Å²) in [4.78, 5) is 22.1. The maximum absolute atomic E-state index is 11.4. The number of nitrogens with zero attached hydrogens (tertiary/aromatic N) is 3. The summed E-state index contributed by atoms with van der Waals surface area (Å²) in [6.45, 7) is 0.679. The molecule has 0 spiro atoms. The number of rotatable bonds is 3. The van der Waals surface area contributed by atoms with Gasteiger partial charge in [0, 0.05) is 18.3 Å². The van der Waals surface area contributed by atoms with Crippen LogP contribution in [0.2, 0.25) is 0 Å². The molecule has 1 fully saturated rings. The minimum atomic E-state index is -0.813. The zero-order valence-corrected chi connectivity index (χ0v) is 13.1. The van der Waals surface area contributed by atoms with Gasteiger partial charge in [0.15, 0.2) is 0 Å². The Hall–Kier alpha value is -2.95. The van der Waals surface area contributed by atoms with Crippen molar-refractivity contribution in [3.8, 4) is 11.3 Å². The number of hydrogen-bond acceptors (Lipinski definition) is 4. The van der Waals surface area contributed by atoms with Crippen LogP contribution in [0.25, 0.3) is 22.0 Å². The highest BCUT2D eigenvalue weighted by Gasteiger charge is 2.32. The molecule has 1 aliphatic heterocycles. The number of anilines is 1. The average molecular weight is 319 g/mol. The zero-order valence-electron chi connectivity index (χ0n) is 13.1. The summed E-state index contributed by atoms with van der Waals surface area (Å²) in [5.41, 5.74) is 1.81. The van der Waals surface area contributed by atoms with Crippen molar-refractivity contribution in [1.82, 2.24) is 9.97 Å². The summed E-state index contributed by atoms with van der Waals surface area (Å²) in [5, 5.41) is 11.7. The van der Waals surface area contributed by atoms with Gasteiger partial charge in [0.2, 0.25) is 5.95 Å². The van der Waals surface area contributed by atoms with E-state index in [1.165, 1.54) is 5.39 Å². The summed E-state index contributed by atoms with van der Waals surface area (Å²) < 4.78 is 0. The van der Waals surface area contributed by atoms with Crippen molar-refractivity contribution in [2.24, 2.45) is 0 Å². The number of aliphatic carboxylic acids is 1. The molecule has 0 saturated carbocycles. The Bertz CT molecular complexity index is 910. The Morgan fingerprint density at radius 2 is 1.96 bits per heavy atom. The van der Waals surface area contributed by atoms with Gasteiger partial charge in [-0.15, -0.1) is 0 Å². The van der Waals surface area contributed by atoms with Crippen LogP contribution in [0.5, 0.6) is 0 Å². The Balaban J connectivity index is 1.72.